The van der Waals surface area contributed by atoms with Crippen LogP contribution in [0.1, 0.15) is 17.2 Å². The van der Waals surface area contributed by atoms with Gasteiger partial charge in [-0.25, -0.2) is 21.2 Å². The Bertz CT molecular complexity index is 1020. The van der Waals surface area contributed by atoms with Gasteiger partial charge in [-0.1, -0.05) is 35.9 Å². The van der Waals surface area contributed by atoms with Crippen LogP contribution in [0.3, 0.4) is 0 Å². The fraction of sp³-hybridized carbons (Fsp3) is 0.294. The van der Waals surface area contributed by atoms with Crippen LogP contribution in [0.25, 0.3) is 0 Å². The predicted octanol–water partition coefficient (Wildman–Crippen LogP) is 3.03. The first-order valence-corrected chi connectivity index (χ1v) is 11.5. The zero-order valence-electron chi connectivity index (χ0n) is 13.7. The molecule has 1 fully saturated rings. The highest BCUT2D eigenvalue weighted by atomic mass is 35.5. The molecule has 2 aromatic rings. The third-order valence-corrected chi connectivity index (χ3v) is 8.73. The average molecular weight is 418 g/mol. The maximum Gasteiger partial charge on any atom is 0.243 e. The average Bonchev–Trinajstić information content (AvgIpc) is 2.74. The second kappa shape index (κ2) is 7.26. The topological polar surface area (TPSA) is 71.5 Å². The van der Waals surface area contributed by atoms with E-state index in [0.29, 0.717) is 10.6 Å². The molecule has 1 aliphatic rings. The summed E-state index contributed by atoms with van der Waals surface area (Å²) in [5.41, 5.74) is 0.471. The Kier molecular flexibility index (Phi) is 5.39. The number of sulfone groups is 1. The first-order valence-electron chi connectivity index (χ1n) is 7.93. The molecule has 0 N–H and O–H groups in total. The summed E-state index contributed by atoms with van der Waals surface area (Å²) in [6, 6.07) is 11.3. The van der Waals surface area contributed by atoms with Crippen molar-refractivity contribution in [3.05, 3.63) is 64.9 Å². The Morgan fingerprint density at radius 1 is 1.08 bits per heavy atom. The van der Waals surface area contributed by atoms with Crippen molar-refractivity contribution in [2.75, 3.05) is 18.8 Å². The molecule has 1 atom stereocenters. The molecule has 9 heteroatoms. The van der Waals surface area contributed by atoms with E-state index in [4.69, 9.17) is 11.6 Å². The van der Waals surface area contributed by atoms with Crippen molar-refractivity contribution in [2.24, 2.45) is 0 Å². The van der Waals surface area contributed by atoms with Crippen molar-refractivity contribution in [3.63, 3.8) is 0 Å². The Hall–Kier alpha value is -1.48. The van der Waals surface area contributed by atoms with Gasteiger partial charge < -0.3 is 0 Å². The van der Waals surface area contributed by atoms with Crippen LogP contribution in [-0.4, -0.2) is 40.0 Å². The van der Waals surface area contributed by atoms with Crippen LogP contribution in [0, 0.1) is 5.82 Å². The summed E-state index contributed by atoms with van der Waals surface area (Å²) in [4.78, 5) is -0.189. The number of rotatable bonds is 3. The summed E-state index contributed by atoms with van der Waals surface area (Å²) in [5.74, 6) is -0.986. The van der Waals surface area contributed by atoms with E-state index in [1.807, 2.05) is 0 Å². The molecule has 1 saturated heterocycles. The van der Waals surface area contributed by atoms with Crippen molar-refractivity contribution in [2.45, 2.75) is 16.6 Å². The third kappa shape index (κ3) is 3.78. The highest BCUT2D eigenvalue weighted by Gasteiger charge is 2.36. The minimum Gasteiger partial charge on any atom is -0.228 e. The predicted molar refractivity (Wildman–Crippen MR) is 97.8 cm³/mol. The van der Waals surface area contributed by atoms with E-state index in [-0.39, 0.29) is 30.2 Å². The molecule has 0 amide bonds. The zero-order chi connectivity index (χ0) is 18.9. The Morgan fingerprint density at radius 3 is 2.50 bits per heavy atom. The molecular formula is C17H17ClFNO4S2. The minimum atomic E-state index is -3.98. The van der Waals surface area contributed by atoms with Gasteiger partial charge >= 0.3 is 0 Å². The van der Waals surface area contributed by atoms with Crippen molar-refractivity contribution >= 4 is 31.5 Å². The number of nitrogens with zero attached hydrogens (tertiary/aromatic N) is 1. The van der Waals surface area contributed by atoms with E-state index in [2.05, 4.69) is 0 Å². The highest BCUT2D eigenvalue weighted by molar-refractivity contribution is 7.92. The maximum absolute atomic E-state index is 13.4. The van der Waals surface area contributed by atoms with E-state index in [0.717, 1.165) is 16.4 Å². The van der Waals surface area contributed by atoms with Crippen LogP contribution in [-0.2, 0) is 19.9 Å². The first kappa shape index (κ1) is 19.3. The van der Waals surface area contributed by atoms with Gasteiger partial charge in [0, 0.05) is 18.1 Å². The SMILES string of the molecule is O=S1(=O)CCN(S(=O)(=O)c2cccc(F)c2)CCC1c1ccccc1Cl. The van der Waals surface area contributed by atoms with E-state index < -0.39 is 30.9 Å². The van der Waals surface area contributed by atoms with Crippen molar-refractivity contribution in [1.82, 2.24) is 4.31 Å². The van der Waals surface area contributed by atoms with Gasteiger partial charge in [-0.15, -0.1) is 0 Å². The molecule has 5 nitrogen and oxygen atoms in total. The fourth-order valence-electron chi connectivity index (χ4n) is 3.03. The monoisotopic (exact) mass is 417 g/mol. The minimum absolute atomic E-state index is 0.00790. The standard InChI is InChI=1S/C17H17ClFNO4S2/c18-16-7-2-1-6-15(16)17-8-9-20(10-11-25(17,21)22)26(23,24)14-5-3-4-13(19)12-14/h1-7,12,17H,8-11H2. The summed E-state index contributed by atoms with van der Waals surface area (Å²) < 4.78 is 65.4. The molecule has 1 heterocycles. The maximum atomic E-state index is 13.4. The summed E-state index contributed by atoms with van der Waals surface area (Å²) in [7, 11) is -7.56. The lowest BCUT2D eigenvalue weighted by atomic mass is 10.1. The number of sulfonamides is 1. The molecule has 0 bridgehead atoms. The molecule has 3 rings (SSSR count). The fourth-order valence-corrected chi connectivity index (χ4v) is 6.78. The van der Waals surface area contributed by atoms with Crippen molar-refractivity contribution in [3.8, 4) is 0 Å². The van der Waals surface area contributed by atoms with Gasteiger partial charge in [-0.3, -0.25) is 0 Å². The lowest BCUT2D eigenvalue weighted by Gasteiger charge is -2.20. The second-order valence-electron chi connectivity index (χ2n) is 6.03. The number of benzene rings is 2. The van der Waals surface area contributed by atoms with Crippen molar-refractivity contribution in [1.29, 1.82) is 0 Å². The van der Waals surface area contributed by atoms with Crippen LogP contribution >= 0.6 is 11.6 Å². The van der Waals surface area contributed by atoms with Gasteiger partial charge in [0.2, 0.25) is 10.0 Å². The molecule has 0 saturated carbocycles. The molecule has 2 aromatic carbocycles. The molecule has 0 aromatic heterocycles. The molecule has 26 heavy (non-hydrogen) atoms. The Morgan fingerprint density at radius 2 is 1.81 bits per heavy atom. The van der Waals surface area contributed by atoms with Gasteiger partial charge in [-0.2, -0.15) is 4.31 Å². The third-order valence-electron chi connectivity index (χ3n) is 4.39. The van der Waals surface area contributed by atoms with Gasteiger partial charge in [0.15, 0.2) is 9.84 Å². The van der Waals surface area contributed by atoms with Crippen molar-refractivity contribution < 1.29 is 21.2 Å². The van der Waals surface area contributed by atoms with E-state index in [1.54, 1.807) is 24.3 Å². The van der Waals surface area contributed by atoms with Crippen LogP contribution in [0.2, 0.25) is 5.02 Å². The molecule has 0 radical (unpaired) electrons. The normalized spacial score (nSPS) is 21.2. The molecular weight excluding hydrogens is 401 g/mol. The molecule has 1 aliphatic heterocycles. The molecule has 0 aliphatic carbocycles. The number of halogens is 2. The smallest absolute Gasteiger partial charge is 0.228 e. The molecule has 0 spiro atoms. The summed E-state index contributed by atoms with van der Waals surface area (Å²) in [6.07, 6.45) is 0.0839. The van der Waals surface area contributed by atoms with Gasteiger partial charge in [0.05, 0.1) is 15.9 Å². The number of hydrogen-bond acceptors (Lipinski definition) is 4. The van der Waals surface area contributed by atoms with E-state index in [1.165, 1.54) is 12.1 Å². The van der Waals surface area contributed by atoms with E-state index in [9.17, 15) is 21.2 Å². The van der Waals surface area contributed by atoms with E-state index >= 15 is 0 Å². The van der Waals surface area contributed by atoms with Crippen LogP contribution in [0.15, 0.2) is 53.4 Å². The molecule has 1 unspecified atom stereocenters. The van der Waals surface area contributed by atoms with Gasteiger partial charge in [-0.05, 0) is 36.2 Å². The first-order chi connectivity index (χ1) is 12.2. The summed E-state index contributed by atoms with van der Waals surface area (Å²) >= 11 is 6.14. The van der Waals surface area contributed by atoms with Gasteiger partial charge in [0.25, 0.3) is 0 Å². The molecule has 140 valence electrons. The highest BCUT2D eigenvalue weighted by Crippen LogP contribution is 2.34. The lowest BCUT2D eigenvalue weighted by Crippen LogP contribution is -2.33. The second-order valence-corrected chi connectivity index (χ2v) is 10.7. The van der Waals surface area contributed by atoms with Crippen LogP contribution in [0.5, 0.6) is 0 Å². The van der Waals surface area contributed by atoms with Crippen LogP contribution in [0.4, 0.5) is 4.39 Å². The van der Waals surface area contributed by atoms with Gasteiger partial charge in [0.1, 0.15) is 5.82 Å². The van der Waals surface area contributed by atoms with Crippen LogP contribution < -0.4 is 0 Å². The zero-order valence-corrected chi connectivity index (χ0v) is 16.1. The largest absolute Gasteiger partial charge is 0.243 e. The quantitative estimate of drug-likeness (QED) is 0.769. The lowest BCUT2D eigenvalue weighted by molar-refractivity contribution is 0.427. The Labute approximate surface area is 157 Å². The number of hydrogen-bond donors (Lipinski definition) is 0. The summed E-state index contributed by atoms with van der Waals surface area (Å²) in [6.45, 7) is -0.171. The summed E-state index contributed by atoms with van der Waals surface area (Å²) in [5, 5.41) is -0.536. The Balaban J connectivity index is 1.93.